The van der Waals surface area contributed by atoms with Crippen LogP contribution in [0.3, 0.4) is 0 Å². The Morgan fingerprint density at radius 2 is 2.55 bits per heavy atom. The van der Waals surface area contributed by atoms with Crippen LogP contribution in [-0.4, -0.2) is 35.8 Å². The zero-order chi connectivity index (χ0) is 8.43. The normalized spacial score (nSPS) is 22.4. The fourth-order valence-corrected chi connectivity index (χ4v) is 0.914. The van der Waals surface area contributed by atoms with Crippen LogP contribution in [0.2, 0.25) is 0 Å². The Hall–Kier alpha value is -0.840. The van der Waals surface area contributed by atoms with Gasteiger partial charge in [0.05, 0.1) is 11.5 Å². The molecule has 11 heavy (non-hydrogen) atoms. The number of hydrogen-bond donors (Lipinski definition) is 1. The van der Waals surface area contributed by atoms with Crippen LogP contribution in [0.15, 0.2) is 0 Å². The maximum atomic E-state index is 10.6. The minimum absolute atomic E-state index is 0.236. The molecule has 1 aliphatic rings. The van der Waals surface area contributed by atoms with E-state index in [0.29, 0.717) is 11.5 Å². The van der Waals surface area contributed by atoms with Crippen molar-refractivity contribution in [1.82, 2.24) is 10.2 Å². The van der Waals surface area contributed by atoms with E-state index in [1.165, 1.54) is 0 Å². The van der Waals surface area contributed by atoms with Gasteiger partial charge in [0, 0.05) is 7.05 Å². The first kappa shape index (κ1) is 8.26. The monoisotopic (exact) mass is 174 g/mol. The predicted octanol–water partition coefficient (Wildman–Crippen LogP) is 0.331. The molecule has 62 valence electrons. The van der Waals surface area contributed by atoms with Gasteiger partial charge in [-0.15, -0.1) is 0 Å². The quantitative estimate of drug-likeness (QED) is 0.582. The summed E-state index contributed by atoms with van der Waals surface area (Å²) in [5.41, 5.74) is 0. The highest BCUT2D eigenvalue weighted by Gasteiger charge is 2.26. The van der Waals surface area contributed by atoms with Crippen LogP contribution in [0.25, 0.3) is 0 Å². The van der Waals surface area contributed by atoms with Crippen molar-refractivity contribution in [2.75, 3.05) is 13.6 Å². The highest BCUT2D eigenvalue weighted by Crippen LogP contribution is 2.04. The van der Waals surface area contributed by atoms with Gasteiger partial charge in [0.25, 0.3) is 0 Å². The van der Waals surface area contributed by atoms with Gasteiger partial charge >= 0.3 is 6.09 Å². The van der Waals surface area contributed by atoms with E-state index >= 15 is 0 Å². The van der Waals surface area contributed by atoms with Crippen molar-refractivity contribution in [1.29, 1.82) is 0 Å². The number of ether oxygens (including phenoxy) is 1. The molecule has 1 rings (SSSR count). The molecular formula is C6H10N2O2S. The first-order chi connectivity index (χ1) is 5.11. The van der Waals surface area contributed by atoms with E-state index in [-0.39, 0.29) is 12.3 Å². The van der Waals surface area contributed by atoms with Crippen LogP contribution in [-0.2, 0) is 4.74 Å². The van der Waals surface area contributed by atoms with Gasteiger partial charge in [-0.1, -0.05) is 12.2 Å². The molecule has 0 saturated carbocycles. The molecule has 1 heterocycles. The summed E-state index contributed by atoms with van der Waals surface area (Å²) in [6.07, 6.45) is -0.613. The van der Waals surface area contributed by atoms with Crippen LogP contribution in [0.4, 0.5) is 4.79 Å². The molecule has 0 aliphatic carbocycles. The Labute approximate surface area is 70.5 Å². The van der Waals surface area contributed by atoms with Gasteiger partial charge < -0.3 is 15.0 Å². The van der Waals surface area contributed by atoms with Crippen molar-refractivity contribution in [3.63, 3.8) is 0 Å². The largest absolute Gasteiger partial charge is 0.423 e. The van der Waals surface area contributed by atoms with Crippen molar-refractivity contribution in [2.45, 2.75) is 13.2 Å². The van der Waals surface area contributed by atoms with E-state index in [4.69, 9.17) is 17.0 Å². The number of likely N-dealkylation sites (N-methyl/N-ethyl adjacent to an activating group) is 1. The van der Waals surface area contributed by atoms with Crippen LogP contribution in [0.1, 0.15) is 6.92 Å². The van der Waals surface area contributed by atoms with Crippen LogP contribution >= 0.6 is 12.2 Å². The van der Waals surface area contributed by atoms with Gasteiger partial charge in [-0.05, 0) is 6.92 Å². The molecule has 4 nitrogen and oxygen atoms in total. The Morgan fingerprint density at radius 3 is 2.91 bits per heavy atom. The fourth-order valence-electron chi connectivity index (χ4n) is 0.796. The molecule has 1 unspecified atom stereocenters. The Morgan fingerprint density at radius 1 is 1.91 bits per heavy atom. The Balaban J connectivity index is 2.49. The summed E-state index contributed by atoms with van der Waals surface area (Å²) in [7, 11) is 1.80. The molecular weight excluding hydrogens is 164 g/mol. The molecule has 0 aromatic carbocycles. The zero-order valence-electron chi connectivity index (χ0n) is 6.46. The predicted molar refractivity (Wildman–Crippen MR) is 44.3 cm³/mol. The number of cyclic esters (lactones) is 1. The molecule has 0 bridgehead atoms. The summed E-state index contributed by atoms with van der Waals surface area (Å²) in [6, 6.07) is 0. The molecule has 1 N–H and O–H groups in total. The van der Waals surface area contributed by atoms with E-state index in [0.717, 1.165) is 0 Å². The van der Waals surface area contributed by atoms with Gasteiger partial charge in [0.1, 0.15) is 0 Å². The number of nitrogens with one attached hydrogen (secondary N) is 1. The number of thiocarbonyl (C=S) groups is 1. The van der Waals surface area contributed by atoms with Crippen LogP contribution in [0.5, 0.6) is 0 Å². The van der Waals surface area contributed by atoms with Crippen molar-refractivity contribution in [3.05, 3.63) is 0 Å². The molecule has 1 atom stereocenters. The molecule has 0 aromatic rings. The minimum atomic E-state index is -0.377. The summed E-state index contributed by atoms with van der Waals surface area (Å²) in [5.74, 6) is 0. The molecule has 0 radical (unpaired) electrons. The first-order valence-corrected chi connectivity index (χ1v) is 3.70. The van der Waals surface area contributed by atoms with Crippen molar-refractivity contribution in [2.24, 2.45) is 0 Å². The van der Waals surface area contributed by atoms with E-state index in [1.807, 2.05) is 0 Å². The lowest BCUT2D eigenvalue weighted by Crippen LogP contribution is -2.36. The third-order valence-corrected chi connectivity index (χ3v) is 1.88. The second kappa shape index (κ2) is 3.04. The Bertz CT molecular complexity index is 195. The number of amides is 1. The lowest BCUT2D eigenvalue weighted by atomic mass is 10.5. The number of rotatable bonds is 1. The molecule has 0 aromatic heterocycles. The van der Waals surface area contributed by atoms with Crippen LogP contribution < -0.4 is 5.32 Å². The first-order valence-electron chi connectivity index (χ1n) is 3.29. The van der Waals surface area contributed by atoms with Crippen molar-refractivity contribution >= 4 is 23.3 Å². The number of hydrogen-bond acceptors (Lipinski definition) is 3. The fraction of sp³-hybridized carbons (Fsp3) is 0.667. The molecule has 1 amide bonds. The molecule has 5 heteroatoms. The average molecular weight is 174 g/mol. The number of alkyl carbamates (subject to hydrolysis) is 1. The number of nitrogens with zero attached hydrogens (tertiary/aromatic N) is 1. The topological polar surface area (TPSA) is 41.6 Å². The summed E-state index contributed by atoms with van der Waals surface area (Å²) < 4.78 is 4.87. The SMILES string of the molecule is CC(=S)N(C)C1CNC(=O)O1. The van der Waals surface area contributed by atoms with Crippen molar-refractivity contribution in [3.8, 4) is 0 Å². The van der Waals surface area contributed by atoms with E-state index in [9.17, 15) is 4.79 Å². The standard InChI is InChI=1S/C6H10N2O2S/c1-4(11)8(2)5-3-7-6(9)10-5/h5H,3H2,1-2H3,(H,7,9). The summed E-state index contributed by atoms with van der Waals surface area (Å²) in [6.45, 7) is 2.30. The maximum absolute atomic E-state index is 10.6. The van der Waals surface area contributed by atoms with Gasteiger partial charge in [0.15, 0.2) is 6.23 Å². The van der Waals surface area contributed by atoms with Gasteiger partial charge in [-0.25, -0.2) is 4.79 Å². The van der Waals surface area contributed by atoms with Crippen molar-refractivity contribution < 1.29 is 9.53 Å². The van der Waals surface area contributed by atoms with E-state index in [1.54, 1.807) is 18.9 Å². The number of carbonyl (C=O) groups excluding carboxylic acids is 1. The summed E-state index contributed by atoms with van der Waals surface area (Å²) in [5, 5.41) is 2.54. The minimum Gasteiger partial charge on any atom is -0.423 e. The van der Waals surface area contributed by atoms with E-state index < -0.39 is 0 Å². The average Bonchev–Trinajstić information content (AvgIpc) is 2.34. The van der Waals surface area contributed by atoms with Crippen LogP contribution in [0, 0.1) is 0 Å². The Kier molecular flexibility index (Phi) is 2.28. The highest BCUT2D eigenvalue weighted by atomic mass is 32.1. The van der Waals surface area contributed by atoms with Gasteiger partial charge in [0.2, 0.25) is 0 Å². The summed E-state index contributed by atoms with van der Waals surface area (Å²) >= 11 is 4.90. The second-order valence-corrected chi connectivity index (χ2v) is 2.96. The maximum Gasteiger partial charge on any atom is 0.409 e. The lowest BCUT2D eigenvalue weighted by molar-refractivity contribution is 0.0793. The third-order valence-electron chi connectivity index (χ3n) is 1.59. The highest BCUT2D eigenvalue weighted by molar-refractivity contribution is 7.80. The molecule has 1 saturated heterocycles. The summed E-state index contributed by atoms with van der Waals surface area (Å²) in [4.78, 5) is 13.0. The van der Waals surface area contributed by atoms with Gasteiger partial charge in [-0.3, -0.25) is 0 Å². The van der Waals surface area contributed by atoms with Gasteiger partial charge in [-0.2, -0.15) is 0 Å². The smallest absolute Gasteiger partial charge is 0.409 e. The van der Waals surface area contributed by atoms with E-state index in [2.05, 4.69) is 5.32 Å². The second-order valence-electron chi connectivity index (χ2n) is 2.37. The molecule has 1 aliphatic heterocycles. The number of carbonyl (C=O) groups is 1. The molecule has 0 spiro atoms. The molecule has 1 fully saturated rings. The lowest BCUT2D eigenvalue weighted by Gasteiger charge is -2.22. The zero-order valence-corrected chi connectivity index (χ0v) is 7.27. The third kappa shape index (κ3) is 1.80.